The lowest BCUT2D eigenvalue weighted by Crippen LogP contribution is -2.36. The summed E-state index contributed by atoms with van der Waals surface area (Å²) < 4.78 is 11.3. The van der Waals surface area contributed by atoms with Crippen LogP contribution in [0.25, 0.3) is 10.9 Å². The minimum atomic E-state index is 0.442. The lowest BCUT2D eigenvalue weighted by atomic mass is 10.2. The number of fused-ring (bicyclic) bond motifs is 1. The van der Waals surface area contributed by atoms with Crippen molar-refractivity contribution in [2.24, 2.45) is 0 Å². The van der Waals surface area contributed by atoms with Gasteiger partial charge in [-0.2, -0.15) is 0 Å². The lowest BCUT2D eigenvalue weighted by molar-refractivity contribution is 0.0330. The summed E-state index contributed by atoms with van der Waals surface area (Å²) in [5.41, 5.74) is 2.01. The number of aromatic nitrogens is 3. The molecule has 2 aromatic carbocycles. The highest BCUT2D eigenvalue weighted by molar-refractivity contribution is 7.98. The van der Waals surface area contributed by atoms with Crippen LogP contribution in [-0.2, 0) is 23.6 Å². The molecule has 0 radical (unpaired) electrons. The molecule has 1 saturated heterocycles. The van der Waals surface area contributed by atoms with E-state index in [9.17, 15) is 0 Å². The molecule has 0 unspecified atom stereocenters. The van der Waals surface area contributed by atoms with Crippen LogP contribution in [-0.4, -0.2) is 46.2 Å². The monoisotopic (exact) mass is 498 g/mol. The first-order valence-corrected chi connectivity index (χ1v) is 13.0. The van der Waals surface area contributed by atoms with Crippen LogP contribution in [0.3, 0.4) is 0 Å². The molecule has 9 heteroatoms. The van der Waals surface area contributed by atoms with Gasteiger partial charge < -0.3 is 9.47 Å². The van der Waals surface area contributed by atoms with Gasteiger partial charge in [0.25, 0.3) is 0 Å². The number of thiazole rings is 1. The van der Waals surface area contributed by atoms with Crippen LogP contribution < -0.4 is 4.74 Å². The van der Waals surface area contributed by atoms with E-state index in [1.165, 1.54) is 0 Å². The van der Waals surface area contributed by atoms with Crippen molar-refractivity contribution < 1.29 is 9.47 Å². The molecule has 1 aliphatic rings. The van der Waals surface area contributed by atoms with Crippen molar-refractivity contribution in [3.8, 4) is 5.75 Å². The van der Waals surface area contributed by atoms with E-state index in [-0.39, 0.29) is 0 Å². The molecule has 0 N–H and O–H groups in total. The van der Waals surface area contributed by atoms with Gasteiger partial charge in [0.15, 0.2) is 0 Å². The summed E-state index contributed by atoms with van der Waals surface area (Å²) >= 11 is 9.24. The Morgan fingerprint density at radius 2 is 1.85 bits per heavy atom. The summed E-state index contributed by atoms with van der Waals surface area (Å²) in [6.07, 6.45) is 0. The second-order valence-corrected chi connectivity index (χ2v) is 9.96. The highest BCUT2D eigenvalue weighted by Crippen LogP contribution is 2.29. The van der Waals surface area contributed by atoms with Gasteiger partial charge in [0.2, 0.25) is 0 Å². The number of rotatable bonds is 8. The van der Waals surface area contributed by atoms with Gasteiger partial charge >= 0.3 is 0 Å². The van der Waals surface area contributed by atoms with Crippen molar-refractivity contribution in [2.45, 2.75) is 23.9 Å². The van der Waals surface area contributed by atoms with E-state index < -0.39 is 0 Å². The van der Waals surface area contributed by atoms with Gasteiger partial charge in [-0.15, -0.1) is 11.3 Å². The summed E-state index contributed by atoms with van der Waals surface area (Å²) in [4.78, 5) is 16.8. The molecular weight excluding hydrogens is 476 g/mol. The molecular formula is C24H23ClN4O2S2. The van der Waals surface area contributed by atoms with Crippen LogP contribution in [0.4, 0.5) is 0 Å². The van der Waals surface area contributed by atoms with Gasteiger partial charge in [-0.1, -0.05) is 41.6 Å². The average Bonchev–Trinajstić information content (AvgIpc) is 3.31. The summed E-state index contributed by atoms with van der Waals surface area (Å²) in [5, 5.41) is 5.80. The summed E-state index contributed by atoms with van der Waals surface area (Å²) in [7, 11) is 0. The molecule has 0 aliphatic carbocycles. The van der Waals surface area contributed by atoms with Crippen LogP contribution >= 0.6 is 34.7 Å². The minimum Gasteiger partial charge on any atom is -0.486 e. The smallest absolute Gasteiger partial charge is 0.144 e. The zero-order valence-corrected chi connectivity index (χ0v) is 20.3. The minimum absolute atomic E-state index is 0.442. The molecule has 0 bridgehead atoms. The second-order valence-electron chi connectivity index (χ2n) is 7.61. The number of hydrogen-bond acceptors (Lipinski definition) is 8. The summed E-state index contributed by atoms with van der Waals surface area (Å²) in [6.45, 7) is 4.55. The standard InChI is InChI=1S/C24H23ClN4O2S2/c25-17-5-7-19(8-6-17)31-14-23-26-18(15-32-23)16-33-24-20-3-1-2-4-21(20)27-22(28-24)13-29-9-11-30-12-10-29/h1-8,15H,9-14,16H2. The Balaban J connectivity index is 1.25. The van der Waals surface area contributed by atoms with E-state index in [4.69, 9.17) is 36.0 Å². The maximum Gasteiger partial charge on any atom is 0.144 e. The summed E-state index contributed by atoms with van der Waals surface area (Å²) in [5.74, 6) is 2.38. The van der Waals surface area contributed by atoms with E-state index in [0.29, 0.717) is 11.6 Å². The molecule has 33 heavy (non-hydrogen) atoms. The number of thioether (sulfide) groups is 1. The number of hydrogen-bond donors (Lipinski definition) is 0. The molecule has 6 nitrogen and oxygen atoms in total. The maximum atomic E-state index is 5.93. The largest absolute Gasteiger partial charge is 0.486 e. The fourth-order valence-electron chi connectivity index (χ4n) is 3.53. The zero-order valence-electron chi connectivity index (χ0n) is 17.9. The van der Waals surface area contributed by atoms with Crippen molar-refractivity contribution >= 4 is 45.6 Å². The number of ether oxygens (including phenoxy) is 2. The van der Waals surface area contributed by atoms with Crippen molar-refractivity contribution in [1.82, 2.24) is 19.9 Å². The van der Waals surface area contributed by atoms with Crippen LogP contribution in [0.15, 0.2) is 58.9 Å². The van der Waals surface area contributed by atoms with E-state index in [1.54, 1.807) is 23.1 Å². The predicted molar refractivity (Wildman–Crippen MR) is 133 cm³/mol. The van der Waals surface area contributed by atoms with E-state index >= 15 is 0 Å². The Kier molecular flexibility index (Phi) is 7.38. The highest BCUT2D eigenvalue weighted by atomic mass is 35.5. The predicted octanol–water partition coefficient (Wildman–Crippen LogP) is 5.44. The third-order valence-electron chi connectivity index (χ3n) is 5.22. The molecule has 170 valence electrons. The van der Waals surface area contributed by atoms with Gasteiger partial charge in [-0.25, -0.2) is 15.0 Å². The average molecular weight is 499 g/mol. The van der Waals surface area contributed by atoms with Gasteiger partial charge in [-0.3, -0.25) is 4.90 Å². The molecule has 3 heterocycles. The lowest BCUT2D eigenvalue weighted by Gasteiger charge is -2.25. The Bertz CT molecular complexity index is 1210. The Morgan fingerprint density at radius 1 is 1.03 bits per heavy atom. The molecule has 5 rings (SSSR count). The van der Waals surface area contributed by atoms with Crippen LogP contribution in [0.5, 0.6) is 5.75 Å². The maximum absolute atomic E-state index is 5.93. The number of morpholine rings is 1. The fourth-order valence-corrected chi connectivity index (χ4v) is 5.40. The van der Waals surface area contributed by atoms with Crippen LogP contribution in [0, 0.1) is 0 Å². The summed E-state index contributed by atoms with van der Waals surface area (Å²) in [6, 6.07) is 15.6. The van der Waals surface area contributed by atoms with Gasteiger partial charge in [0.1, 0.15) is 28.2 Å². The number of benzene rings is 2. The third kappa shape index (κ3) is 6.02. The Morgan fingerprint density at radius 3 is 2.70 bits per heavy atom. The number of nitrogens with zero attached hydrogens (tertiary/aromatic N) is 4. The first kappa shape index (κ1) is 22.6. The van der Waals surface area contributed by atoms with E-state index in [1.807, 2.05) is 36.4 Å². The third-order valence-corrected chi connectivity index (χ3v) is 7.36. The normalized spacial score (nSPS) is 14.6. The molecule has 0 amide bonds. The van der Waals surface area contributed by atoms with Gasteiger partial charge in [0, 0.05) is 34.6 Å². The first-order chi connectivity index (χ1) is 16.2. The van der Waals surface area contributed by atoms with E-state index in [2.05, 4.69) is 22.4 Å². The molecule has 0 atom stereocenters. The van der Waals surface area contributed by atoms with Gasteiger partial charge in [0.05, 0.1) is 31.0 Å². The first-order valence-electron chi connectivity index (χ1n) is 10.7. The van der Waals surface area contributed by atoms with Crippen molar-refractivity contribution in [3.63, 3.8) is 0 Å². The Labute approximate surface area is 205 Å². The van der Waals surface area contributed by atoms with Crippen molar-refractivity contribution in [3.05, 3.63) is 75.5 Å². The molecule has 4 aromatic rings. The quantitative estimate of drug-likeness (QED) is 0.236. The van der Waals surface area contributed by atoms with Crippen molar-refractivity contribution in [1.29, 1.82) is 0 Å². The second kappa shape index (κ2) is 10.8. The van der Waals surface area contributed by atoms with Crippen LogP contribution in [0.1, 0.15) is 16.5 Å². The molecule has 0 spiro atoms. The number of para-hydroxylation sites is 1. The van der Waals surface area contributed by atoms with E-state index in [0.717, 1.165) is 76.8 Å². The molecule has 1 fully saturated rings. The van der Waals surface area contributed by atoms with Crippen molar-refractivity contribution in [2.75, 3.05) is 26.3 Å². The SMILES string of the molecule is Clc1ccc(OCc2nc(CSc3nc(CN4CCOCC4)nc4ccccc34)cs2)cc1. The fraction of sp³-hybridized carbons (Fsp3) is 0.292. The molecule has 1 aliphatic heterocycles. The highest BCUT2D eigenvalue weighted by Gasteiger charge is 2.15. The molecule has 2 aromatic heterocycles. The Hall–Kier alpha value is -2.23. The van der Waals surface area contributed by atoms with Gasteiger partial charge in [-0.05, 0) is 30.3 Å². The molecule has 0 saturated carbocycles. The zero-order chi connectivity index (χ0) is 22.5. The topological polar surface area (TPSA) is 60.4 Å². The van der Waals surface area contributed by atoms with Crippen LogP contribution in [0.2, 0.25) is 5.02 Å². The number of halogens is 1.